The number of carbonyl (C=O) groups excluding carboxylic acids is 3. The van der Waals surface area contributed by atoms with Crippen LogP contribution in [0.2, 0.25) is 0 Å². The van der Waals surface area contributed by atoms with E-state index >= 15 is 0 Å². The summed E-state index contributed by atoms with van der Waals surface area (Å²) in [4.78, 5) is 37.0. The van der Waals surface area contributed by atoms with Crippen molar-refractivity contribution >= 4 is 29.6 Å². The maximum Gasteiger partial charge on any atom is 0.344 e. The van der Waals surface area contributed by atoms with Crippen LogP contribution in [0, 0.1) is 5.92 Å². The second-order valence-corrected chi connectivity index (χ2v) is 7.53. The molecule has 3 rings (SSSR count). The molecule has 26 heavy (non-hydrogen) atoms. The van der Waals surface area contributed by atoms with Crippen molar-refractivity contribution in [2.24, 2.45) is 5.92 Å². The zero-order chi connectivity index (χ0) is 18.7. The Kier molecular flexibility index (Phi) is 5.25. The summed E-state index contributed by atoms with van der Waals surface area (Å²) in [6.07, 6.45) is 4.57. The number of carbonyl (C=O) groups is 3. The lowest BCUT2D eigenvalue weighted by Crippen LogP contribution is -2.51. The van der Waals surface area contributed by atoms with Crippen molar-refractivity contribution in [1.29, 1.82) is 0 Å². The van der Waals surface area contributed by atoms with E-state index in [0.29, 0.717) is 30.5 Å². The predicted octanol–water partition coefficient (Wildman–Crippen LogP) is 0.483. The Morgan fingerprint density at radius 2 is 2.19 bits per heavy atom. The van der Waals surface area contributed by atoms with Gasteiger partial charge in [-0.05, 0) is 42.0 Å². The summed E-state index contributed by atoms with van der Waals surface area (Å²) in [5.41, 5.74) is 1.51. The topological polar surface area (TPSA) is 122 Å². The number of nitrogens with one attached hydrogen (secondary N) is 2. The Morgan fingerprint density at radius 3 is 2.88 bits per heavy atom. The van der Waals surface area contributed by atoms with Gasteiger partial charge in [0.25, 0.3) is 5.91 Å². The lowest BCUT2D eigenvalue weighted by molar-refractivity contribution is -0.139. The Balaban J connectivity index is 1.57. The number of imide groups is 1. The van der Waals surface area contributed by atoms with E-state index in [1.807, 2.05) is 0 Å². The number of hydrogen-bond acceptors (Lipinski definition) is 7. The van der Waals surface area contributed by atoms with Crippen LogP contribution >= 0.6 is 11.8 Å². The van der Waals surface area contributed by atoms with Crippen molar-refractivity contribution in [3.63, 3.8) is 0 Å². The number of hydrogen-bond donors (Lipinski definition) is 2. The molecule has 10 nitrogen and oxygen atoms in total. The molecule has 1 spiro atoms. The molecule has 2 fully saturated rings. The summed E-state index contributed by atoms with van der Waals surface area (Å²) in [6, 6.07) is -0.584. The van der Waals surface area contributed by atoms with Crippen molar-refractivity contribution in [1.82, 2.24) is 36.0 Å². The Bertz CT molecular complexity index is 727. The van der Waals surface area contributed by atoms with E-state index in [0.717, 1.165) is 29.6 Å². The van der Waals surface area contributed by atoms with E-state index in [1.54, 1.807) is 6.08 Å². The number of amides is 4. The van der Waals surface area contributed by atoms with Crippen molar-refractivity contribution in [2.45, 2.75) is 49.8 Å². The van der Waals surface area contributed by atoms with E-state index in [9.17, 15) is 14.4 Å². The molecule has 0 aromatic carbocycles. The summed E-state index contributed by atoms with van der Waals surface area (Å²) in [7, 11) is 0. The molecule has 0 radical (unpaired) electrons. The lowest BCUT2D eigenvalue weighted by Gasteiger charge is -2.33. The van der Waals surface area contributed by atoms with Gasteiger partial charge in [0.15, 0.2) is 0 Å². The molecule has 11 heteroatoms. The Hall–Kier alpha value is -2.43. The van der Waals surface area contributed by atoms with Gasteiger partial charge in [-0.3, -0.25) is 15.0 Å². The van der Waals surface area contributed by atoms with Gasteiger partial charge in [-0.25, -0.2) is 9.48 Å². The molecular formula is C15H21N7O3S. The second-order valence-electron chi connectivity index (χ2n) is 6.59. The van der Waals surface area contributed by atoms with Crippen molar-refractivity contribution < 1.29 is 14.4 Å². The third-order valence-corrected chi connectivity index (χ3v) is 5.62. The number of urea groups is 1. The zero-order valence-electron chi connectivity index (χ0n) is 14.5. The third kappa shape index (κ3) is 3.57. The maximum atomic E-state index is 12.7. The van der Waals surface area contributed by atoms with Crippen LogP contribution in [-0.2, 0) is 16.1 Å². The van der Waals surface area contributed by atoms with Crippen LogP contribution < -0.4 is 10.7 Å². The highest BCUT2D eigenvalue weighted by atomic mass is 32.2. The smallest absolute Gasteiger partial charge is 0.322 e. The fraction of sp³-hybridized carbons (Fsp3) is 0.600. The average molecular weight is 379 g/mol. The molecule has 2 aliphatic rings. The number of allylic oxidation sites excluding steroid dienone is 1. The standard InChI is InChI=1S/C15H21N7O3S/c1-3-8-21-14(17-19-20-21)26-9-11(23)18-22-12(24)15(16-13(22)25)6-4-10(2)5-7-15/h3,10H,1,4-9H2,2H3,(H,16,25)(H,18,23). The monoisotopic (exact) mass is 379 g/mol. The minimum Gasteiger partial charge on any atom is -0.322 e. The van der Waals surface area contributed by atoms with Crippen molar-refractivity contribution in [3.8, 4) is 0 Å². The minimum absolute atomic E-state index is 0.0292. The molecule has 1 saturated carbocycles. The van der Waals surface area contributed by atoms with E-state index in [-0.39, 0.29) is 11.7 Å². The predicted molar refractivity (Wildman–Crippen MR) is 92.6 cm³/mol. The number of rotatable bonds is 6. The molecule has 4 amide bonds. The number of tetrazole rings is 1. The summed E-state index contributed by atoms with van der Waals surface area (Å²) in [6.45, 7) is 6.16. The van der Waals surface area contributed by atoms with E-state index in [4.69, 9.17) is 0 Å². The minimum atomic E-state index is -0.877. The molecule has 2 heterocycles. The molecule has 1 aliphatic heterocycles. The van der Waals surface area contributed by atoms with Crippen LogP contribution in [0.25, 0.3) is 0 Å². The van der Waals surface area contributed by atoms with Gasteiger partial charge in [-0.2, -0.15) is 5.01 Å². The number of hydrazine groups is 1. The summed E-state index contributed by atoms with van der Waals surface area (Å²) < 4.78 is 1.50. The van der Waals surface area contributed by atoms with Gasteiger partial charge in [0, 0.05) is 0 Å². The molecule has 0 unspecified atom stereocenters. The summed E-state index contributed by atoms with van der Waals surface area (Å²) in [5.74, 6) is -0.359. The second kappa shape index (κ2) is 7.44. The van der Waals surface area contributed by atoms with Crippen molar-refractivity contribution in [2.75, 3.05) is 5.75 Å². The lowest BCUT2D eigenvalue weighted by atomic mass is 9.77. The summed E-state index contributed by atoms with van der Waals surface area (Å²) >= 11 is 1.11. The molecule has 0 atom stereocenters. The van der Waals surface area contributed by atoms with Gasteiger partial charge >= 0.3 is 6.03 Å². The Labute approximate surface area is 154 Å². The normalized spacial score (nSPS) is 25.4. The zero-order valence-corrected chi connectivity index (χ0v) is 15.3. The molecule has 140 valence electrons. The quantitative estimate of drug-likeness (QED) is 0.419. The van der Waals surface area contributed by atoms with E-state index in [1.165, 1.54) is 4.68 Å². The highest BCUT2D eigenvalue weighted by Crippen LogP contribution is 2.35. The maximum absolute atomic E-state index is 12.7. The van der Waals surface area contributed by atoms with Crippen LogP contribution in [0.3, 0.4) is 0 Å². The van der Waals surface area contributed by atoms with Gasteiger partial charge in [0.2, 0.25) is 11.1 Å². The van der Waals surface area contributed by atoms with Gasteiger partial charge in [-0.1, -0.05) is 24.8 Å². The highest BCUT2D eigenvalue weighted by molar-refractivity contribution is 7.99. The molecule has 1 aromatic heterocycles. The first-order valence-electron chi connectivity index (χ1n) is 8.41. The first-order chi connectivity index (χ1) is 12.4. The van der Waals surface area contributed by atoms with Crippen molar-refractivity contribution in [3.05, 3.63) is 12.7 Å². The number of thioether (sulfide) groups is 1. The first kappa shape index (κ1) is 18.4. The van der Waals surface area contributed by atoms with Gasteiger partial charge in [0.05, 0.1) is 12.3 Å². The van der Waals surface area contributed by atoms with Crippen LogP contribution in [0.5, 0.6) is 0 Å². The molecule has 2 N–H and O–H groups in total. The average Bonchev–Trinajstić information content (AvgIpc) is 3.15. The highest BCUT2D eigenvalue weighted by Gasteiger charge is 2.52. The van der Waals surface area contributed by atoms with Crippen LogP contribution in [0.4, 0.5) is 4.79 Å². The van der Waals surface area contributed by atoms with E-state index in [2.05, 4.69) is 39.8 Å². The van der Waals surface area contributed by atoms with Crippen LogP contribution in [-0.4, -0.2) is 54.4 Å². The largest absolute Gasteiger partial charge is 0.344 e. The molecule has 1 aliphatic carbocycles. The Morgan fingerprint density at radius 1 is 1.46 bits per heavy atom. The number of aromatic nitrogens is 4. The van der Waals surface area contributed by atoms with Gasteiger partial charge in [0.1, 0.15) is 5.54 Å². The van der Waals surface area contributed by atoms with Gasteiger partial charge < -0.3 is 5.32 Å². The first-order valence-corrected chi connectivity index (χ1v) is 9.40. The molecule has 0 bridgehead atoms. The van der Waals surface area contributed by atoms with Gasteiger partial charge in [-0.15, -0.1) is 11.7 Å². The third-order valence-electron chi connectivity index (χ3n) is 4.66. The SMILES string of the molecule is C=CCn1nnnc1SCC(=O)NN1C(=O)NC2(CCC(C)CC2)C1=O. The van der Waals surface area contributed by atoms with Crippen LogP contribution in [0.1, 0.15) is 32.6 Å². The fourth-order valence-electron chi connectivity index (χ4n) is 3.14. The van der Waals surface area contributed by atoms with E-state index < -0.39 is 17.5 Å². The molecule has 1 saturated heterocycles. The summed E-state index contributed by atoms with van der Waals surface area (Å²) in [5, 5.41) is 15.2. The van der Waals surface area contributed by atoms with Crippen LogP contribution in [0.15, 0.2) is 17.8 Å². The molecular weight excluding hydrogens is 358 g/mol. The fourth-order valence-corrected chi connectivity index (χ4v) is 3.82. The molecule has 1 aromatic rings. The number of nitrogens with zero attached hydrogens (tertiary/aromatic N) is 5.